The van der Waals surface area contributed by atoms with Gasteiger partial charge in [0.15, 0.2) is 5.69 Å². The molecule has 1 aromatic carbocycles. The number of rotatable bonds is 5. The van der Waals surface area contributed by atoms with Crippen LogP contribution >= 0.6 is 11.3 Å². The number of aromatic nitrogens is 3. The van der Waals surface area contributed by atoms with E-state index in [9.17, 15) is 9.59 Å². The summed E-state index contributed by atoms with van der Waals surface area (Å²) < 4.78 is 1.94. The molecular formula is C25H30N6O2S. The second kappa shape index (κ2) is 9.58. The maximum absolute atomic E-state index is 13.5. The highest BCUT2D eigenvalue weighted by Gasteiger charge is 2.32. The molecule has 0 N–H and O–H groups in total. The molecule has 2 aliphatic heterocycles. The van der Waals surface area contributed by atoms with Gasteiger partial charge in [-0.15, -0.1) is 11.3 Å². The normalized spacial score (nSPS) is 16.0. The zero-order valence-corrected chi connectivity index (χ0v) is 20.6. The molecule has 0 saturated carbocycles. The highest BCUT2D eigenvalue weighted by Crippen LogP contribution is 2.26. The van der Waals surface area contributed by atoms with Gasteiger partial charge in [-0.1, -0.05) is 18.2 Å². The number of hydrogen-bond acceptors (Lipinski definition) is 6. The van der Waals surface area contributed by atoms with Crippen molar-refractivity contribution in [1.82, 2.24) is 24.6 Å². The first-order chi connectivity index (χ1) is 16.5. The molecule has 2 aliphatic rings. The summed E-state index contributed by atoms with van der Waals surface area (Å²) in [4.78, 5) is 37.0. The van der Waals surface area contributed by atoms with Crippen LogP contribution < -0.4 is 4.90 Å². The number of piperazine rings is 1. The van der Waals surface area contributed by atoms with Crippen molar-refractivity contribution in [1.29, 1.82) is 0 Å². The van der Waals surface area contributed by atoms with Crippen LogP contribution in [0.5, 0.6) is 0 Å². The van der Waals surface area contributed by atoms with E-state index in [0.29, 0.717) is 51.3 Å². The molecule has 5 rings (SSSR count). The average Bonchev–Trinajstić information content (AvgIpc) is 3.46. The molecule has 34 heavy (non-hydrogen) atoms. The molecule has 9 heteroatoms. The third-order valence-corrected chi connectivity index (χ3v) is 7.50. The quantitative estimate of drug-likeness (QED) is 0.564. The summed E-state index contributed by atoms with van der Waals surface area (Å²) in [6, 6.07) is 10.3. The summed E-state index contributed by atoms with van der Waals surface area (Å²) in [5.41, 5.74) is 4.50. The first kappa shape index (κ1) is 22.6. The third-order valence-electron chi connectivity index (χ3n) is 6.68. The van der Waals surface area contributed by atoms with Crippen molar-refractivity contribution >= 4 is 28.8 Å². The lowest BCUT2D eigenvalue weighted by Crippen LogP contribution is -2.49. The van der Waals surface area contributed by atoms with Crippen LogP contribution in [0.25, 0.3) is 0 Å². The minimum absolute atomic E-state index is 0.0272. The van der Waals surface area contributed by atoms with E-state index in [0.717, 1.165) is 35.0 Å². The molecule has 4 heterocycles. The monoisotopic (exact) mass is 478 g/mol. The number of thiazole rings is 1. The molecule has 0 unspecified atom stereocenters. The van der Waals surface area contributed by atoms with E-state index in [1.807, 2.05) is 51.9 Å². The van der Waals surface area contributed by atoms with E-state index >= 15 is 0 Å². The Morgan fingerprint density at radius 2 is 1.79 bits per heavy atom. The Bertz CT molecular complexity index is 1180. The summed E-state index contributed by atoms with van der Waals surface area (Å²) in [5, 5.41) is 7.62. The number of anilines is 1. The van der Waals surface area contributed by atoms with Crippen LogP contribution in [-0.2, 0) is 30.7 Å². The van der Waals surface area contributed by atoms with Crippen molar-refractivity contribution in [3.8, 4) is 0 Å². The number of fused-ring (bicyclic) bond motifs is 1. The predicted molar refractivity (Wildman–Crippen MR) is 132 cm³/mol. The molecule has 0 bridgehead atoms. The zero-order valence-electron chi connectivity index (χ0n) is 19.7. The van der Waals surface area contributed by atoms with Crippen molar-refractivity contribution in [2.24, 2.45) is 0 Å². The Hall–Kier alpha value is -3.20. The lowest BCUT2D eigenvalue weighted by Gasteiger charge is -2.36. The highest BCUT2D eigenvalue weighted by atomic mass is 32.1. The molecule has 178 valence electrons. The Balaban J connectivity index is 1.30. The van der Waals surface area contributed by atoms with Gasteiger partial charge in [-0.3, -0.25) is 14.3 Å². The number of nitrogens with zero attached hydrogens (tertiary/aromatic N) is 6. The molecule has 8 nitrogen and oxygen atoms in total. The topological polar surface area (TPSA) is 74.6 Å². The Kier molecular flexibility index (Phi) is 6.36. The van der Waals surface area contributed by atoms with Crippen LogP contribution in [0.2, 0.25) is 0 Å². The van der Waals surface area contributed by atoms with Crippen molar-refractivity contribution in [3.05, 3.63) is 63.4 Å². The number of amides is 2. The minimum atomic E-state index is -0.0272. The fourth-order valence-electron chi connectivity index (χ4n) is 4.85. The van der Waals surface area contributed by atoms with Crippen LogP contribution in [-0.4, -0.2) is 69.1 Å². The molecule has 0 aliphatic carbocycles. The molecule has 0 spiro atoms. The summed E-state index contributed by atoms with van der Waals surface area (Å²) in [6.45, 7) is 8.69. The van der Waals surface area contributed by atoms with Crippen molar-refractivity contribution in [2.75, 3.05) is 37.6 Å². The molecule has 3 aromatic rings. The molecule has 0 radical (unpaired) electrons. The van der Waals surface area contributed by atoms with Gasteiger partial charge in [-0.2, -0.15) is 5.10 Å². The van der Waals surface area contributed by atoms with Crippen molar-refractivity contribution in [2.45, 2.75) is 39.8 Å². The van der Waals surface area contributed by atoms with Gasteiger partial charge in [0.25, 0.3) is 5.91 Å². The minimum Gasteiger partial charge on any atom is -0.368 e. The van der Waals surface area contributed by atoms with Gasteiger partial charge in [0.05, 0.1) is 17.1 Å². The number of hydrogen-bond donors (Lipinski definition) is 0. The fraction of sp³-hybridized carbons (Fsp3) is 0.440. The maximum atomic E-state index is 13.5. The van der Waals surface area contributed by atoms with Crippen molar-refractivity contribution < 1.29 is 9.59 Å². The maximum Gasteiger partial charge on any atom is 0.274 e. The zero-order chi connectivity index (χ0) is 23.7. The smallest absolute Gasteiger partial charge is 0.274 e. The lowest BCUT2D eigenvalue weighted by atomic mass is 10.0. The van der Waals surface area contributed by atoms with Gasteiger partial charge in [0, 0.05) is 74.6 Å². The Morgan fingerprint density at radius 3 is 2.47 bits per heavy atom. The standard InChI is InChI=1S/C25H30N6O2S/c1-3-31-22-9-10-30(23(32)15-19-17-34-18(2)26-19)16-21(22)24(27-31)25(33)29-13-11-28(12-14-29)20-7-5-4-6-8-20/h4-8,17H,3,9-16H2,1-2H3. The summed E-state index contributed by atoms with van der Waals surface area (Å²) in [7, 11) is 0. The summed E-state index contributed by atoms with van der Waals surface area (Å²) in [6.07, 6.45) is 1.01. The third kappa shape index (κ3) is 4.44. The van der Waals surface area contributed by atoms with E-state index in [2.05, 4.69) is 22.0 Å². The number of aryl methyl sites for hydroxylation is 2. The van der Waals surface area contributed by atoms with E-state index < -0.39 is 0 Å². The molecule has 2 amide bonds. The summed E-state index contributed by atoms with van der Waals surface area (Å²) >= 11 is 1.56. The second-order valence-corrected chi connectivity index (χ2v) is 9.87. The van der Waals surface area contributed by atoms with Crippen LogP contribution in [0.4, 0.5) is 5.69 Å². The lowest BCUT2D eigenvalue weighted by molar-refractivity contribution is -0.131. The first-order valence-corrected chi connectivity index (χ1v) is 12.8. The number of carbonyl (C=O) groups is 2. The average molecular weight is 479 g/mol. The van der Waals surface area contributed by atoms with Gasteiger partial charge in [0.2, 0.25) is 5.91 Å². The molecule has 1 saturated heterocycles. The highest BCUT2D eigenvalue weighted by molar-refractivity contribution is 7.09. The largest absolute Gasteiger partial charge is 0.368 e. The van der Waals surface area contributed by atoms with Crippen LogP contribution in [0.1, 0.15) is 39.4 Å². The van der Waals surface area contributed by atoms with Crippen LogP contribution in [0.3, 0.4) is 0 Å². The number of para-hydroxylation sites is 1. The van der Waals surface area contributed by atoms with Gasteiger partial charge in [0.1, 0.15) is 0 Å². The van der Waals surface area contributed by atoms with E-state index in [4.69, 9.17) is 5.10 Å². The summed E-state index contributed by atoms with van der Waals surface area (Å²) in [5.74, 6) is 0.0238. The molecular weight excluding hydrogens is 448 g/mol. The van der Waals surface area contributed by atoms with Crippen LogP contribution in [0, 0.1) is 6.92 Å². The van der Waals surface area contributed by atoms with Crippen LogP contribution in [0.15, 0.2) is 35.7 Å². The first-order valence-electron chi connectivity index (χ1n) is 11.9. The second-order valence-electron chi connectivity index (χ2n) is 8.80. The van der Waals surface area contributed by atoms with Gasteiger partial charge >= 0.3 is 0 Å². The molecule has 2 aromatic heterocycles. The van der Waals surface area contributed by atoms with Gasteiger partial charge in [-0.25, -0.2) is 4.98 Å². The van der Waals surface area contributed by atoms with Crippen molar-refractivity contribution in [3.63, 3.8) is 0 Å². The fourth-order valence-corrected chi connectivity index (χ4v) is 5.46. The Morgan fingerprint density at radius 1 is 1.03 bits per heavy atom. The van der Waals surface area contributed by atoms with E-state index in [-0.39, 0.29) is 11.8 Å². The van der Waals surface area contributed by atoms with Gasteiger partial charge < -0.3 is 14.7 Å². The molecule has 0 atom stereocenters. The SMILES string of the molecule is CCn1nc(C(=O)N2CCN(c3ccccc3)CC2)c2c1CCN(C(=O)Cc1csc(C)n1)C2. The number of carbonyl (C=O) groups excluding carboxylic acids is 2. The van der Waals surface area contributed by atoms with E-state index in [1.54, 1.807) is 11.3 Å². The van der Waals surface area contributed by atoms with Gasteiger partial charge in [-0.05, 0) is 26.0 Å². The number of benzene rings is 1. The molecule has 1 fully saturated rings. The Labute approximate surface area is 203 Å². The van der Waals surface area contributed by atoms with E-state index in [1.165, 1.54) is 5.69 Å². The predicted octanol–water partition coefficient (Wildman–Crippen LogP) is 2.76.